The van der Waals surface area contributed by atoms with Crippen molar-refractivity contribution in [2.45, 2.75) is 52.6 Å². The number of aliphatic carboxylic acids is 1. The Hall–Kier alpha value is -1.47. The molecule has 134 valence electrons. The Morgan fingerprint density at radius 2 is 2.08 bits per heavy atom. The standard InChI is InChI=1S/C17H27N3O3S/c1-11(2)8-15(17(22)23)19-16(21)13-4-6-20(7-5-13)9-14-10-24-12(3)18-14/h10-11,13,15H,4-9H2,1-3H3,(H,19,21)(H,22,23)/t15-/m0/s1. The molecule has 2 heterocycles. The van der Waals surface area contributed by atoms with E-state index in [2.05, 4.69) is 20.6 Å². The summed E-state index contributed by atoms with van der Waals surface area (Å²) >= 11 is 1.66. The van der Waals surface area contributed by atoms with E-state index in [0.29, 0.717) is 6.42 Å². The first-order chi connectivity index (χ1) is 11.3. The summed E-state index contributed by atoms with van der Waals surface area (Å²) in [7, 11) is 0. The van der Waals surface area contributed by atoms with Crippen LogP contribution in [0, 0.1) is 18.8 Å². The van der Waals surface area contributed by atoms with E-state index in [4.69, 9.17) is 0 Å². The number of nitrogens with zero attached hydrogens (tertiary/aromatic N) is 2. The highest BCUT2D eigenvalue weighted by molar-refractivity contribution is 7.09. The van der Waals surface area contributed by atoms with Gasteiger partial charge in [-0.1, -0.05) is 13.8 Å². The molecule has 1 fully saturated rings. The third-order valence-corrected chi connectivity index (χ3v) is 5.15. The van der Waals surface area contributed by atoms with Crippen LogP contribution in [-0.2, 0) is 16.1 Å². The molecule has 0 spiro atoms. The molecule has 2 rings (SSSR count). The minimum Gasteiger partial charge on any atom is -0.480 e. The number of piperidine rings is 1. The average Bonchev–Trinajstić information content (AvgIpc) is 2.91. The van der Waals surface area contributed by atoms with Gasteiger partial charge in [0.05, 0.1) is 10.7 Å². The molecule has 1 atom stereocenters. The minimum absolute atomic E-state index is 0.0903. The zero-order valence-corrected chi connectivity index (χ0v) is 15.4. The molecule has 1 saturated heterocycles. The highest BCUT2D eigenvalue weighted by Gasteiger charge is 2.29. The molecule has 0 aromatic carbocycles. The normalized spacial score (nSPS) is 17.8. The van der Waals surface area contributed by atoms with E-state index in [1.54, 1.807) is 11.3 Å². The lowest BCUT2D eigenvalue weighted by Crippen LogP contribution is -2.47. The van der Waals surface area contributed by atoms with Crippen LogP contribution in [0.2, 0.25) is 0 Å². The Labute approximate surface area is 147 Å². The van der Waals surface area contributed by atoms with Crippen LogP contribution in [0.1, 0.15) is 43.8 Å². The molecule has 1 aromatic heterocycles. The van der Waals surface area contributed by atoms with Crippen molar-refractivity contribution in [2.75, 3.05) is 13.1 Å². The van der Waals surface area contributed by atoms with Crippen molar-refractivity contribution in [3.63, 3.8) is 0 Å². The number of hydrogen-bond donors (Lipinski definition) is 2. The van der Waals surface area contributed by atoms with E-state index in [-0.39, 0.29) is 17.7 Å². The molecular formula is C17H27N3O3S. The lowest BCUT2D eigenvalue weighted by molar-refractivity contribution is -0.143. The number of aryl methyl sites for hydroxylation is 1. The zero-order chi connectivity index (χ0) is 17.7. The molecule has 0 radical (unpaired) electrons. The van der Waals surface area contributed by atoms with Gasteiger partial charge in [0, 0.05) is 17.8 Å². The molecule has 1 aromatic rings. The van der Waals surface area contributed by atoms with Crippen molar-refractivity contribution >= 4 is 23.2 Å². The number of amides is 1. The molecule has 2 N–H and O–H groups in total. The second-order valence-corrected chi connectivity index (χ2v) is 8.00. The highest BCUT2D eigenvalue weighted by Crippen LogP contribution is 2.20. The van der Waals surface area contributed by atoms with Crippen molar-refractivity contribution in [1.82, 2.24) is 15.2 Å². The van der Waals surface area contributed by atoms with E-state index in [0.717, 1.165) is 43.2 Å². The number of aromatic nitrogens is 1. The second-order valence-electron chi connectivity index (χ2n) is 6.94. The van der Waals surface area contributed by atoms with Gasteiger partial charge in [0.1, 0.15) is 6.04 Å². The molecule has 6 nitrogen and oxygen atoms in total. The number of hydrogen-bond acceptors (Lipinski definition) is 5. The average molecular weight is 353 g/mol. The Kier molecular flexibility index (Phi) is 6.74. The van der Waals surface area contributed by atoms with E-state index >= 15 is 0 Å². The number of rotatable bonds is 7. The molecular weight excluding hydrogens is 326 g/mol. The van der Waals surface area contributed by atoms with Gasteiger partial charge in [-0.05, 0) is 45.2 Å². The fourth-order valence-corrected chi connectivity index (χ4v) is 3.65. The first kappa shape index (κ1) is 18.9. The quantitative estimate of drug-likeness (QED) is 0.786. The van der Waals surface area contributed by atoms with Crippen LogP contribution in [0.4, 0.5) is 0 Å². The molecule has 7 heteroatoms. The van der Waals surface area contributed by atoms with Crippen LogP contribution in [0.3, 0.4) is 0 Å². The largest absolute Gasteiger partial charge is 0.480 e. The number of carboxylic acids is 1. The van der Waals surface area contributed by atoms with Gasteiger partial charge in [-0.25, -0.2) is 9.78 Å². The fourth-order valence-electron chi connectivity index (χ4n) is 3.05. The monoisotopic (exact) mass is 353 g/mol. The summed E-state index contributed by atoms with van der Waals surface area (Å²) < 4.78 is 0. The Balaban J connectivity index is 1.80. The smallest absolute Gasteiger partial charge is 0.326 e. The van der Waals surface area contributed by atoms with Crippen LogP contribution in [0.5, 0.6) is 0 Å². The zero-order valence-electron chi connectivity index (χ0n) is 14.6. The van der Waals surface area contributed by atoms with Gasteiger partial charge in [0.2, 0.25) is 5.91 Å². The van der Waals surface area contributed by atoms with Crippen molar-refractivity contribution in [1.29, 1.82) is 0 Å². The number of carbonyl (C=O) groups excluding carboxylic acids is 1. The van der Waals surface area contributed by atoms with E-state index < -0.39 is 12.0 Å². The van der Waals surface area contributed by atoms with Gasteiger partial charge in [-0.3, -0.25) is 9.69 Å². The summed E-state index contributed by atoms with van der Waals surface area (Å²) in [6.45, 7) is 8.43. The van der Waals surface area contributed by atoms with Crippen LogP contribution in [-0.4, -0.2) is 46.0 Å². The maximum absolute atomic E-state index is 12.4. The number of thiazole rings is 1. The van der Waals surface area contributed by atoms with Crippen molar-refractivity contribution < 1.29 is 14.7 Å². The van der Waals surface area contributed by atoms with Gasteiger partial charge in [-0.15, -0.1) is 11.3 Å². The number of nitrogens with one attached hydrogen (secondary N) is 1. The summed E-state index contributed by atoms with van der Waals surface area (Å²) in [5.74, 6) is -0.928. The first-order valence-electron chi connectivity index (χ1n) is 8.51. The van der Waals surface area contributed by atoms with E-state index in [1.165, 1.54) is 0 Å². The summed E-state index contributed by atoms with van der Waals surface area (Å²) in [6.07, 6.45) is 2.00. The molecule has 0 aliphatic carbocycles. The van der Waals surface area contributed by atoms with Crippen LogP contribution >= 0.6 is 11.3 Å². The van der Waals surface area contributed by atoms with Crippen molar-refractivity contribution in [3.8, 4) is 0 Å². The Bertz CT molecular complexity index is 565. The predicted molar refractivity (Wildman–Crippen MR) is 93.9 cm³/mol. The topological polar surface area (TPSA) is 82.5 Å². The summed E-state index contributed by atoms with van der Waals surface area (Å²) in [6, 6.07) is -0.784. The number of likely N-dealkylation sites (tertiary alicyclic amines) is 1. The van der Waals surface area contributed by atoms with Crippen LogP contribution < -0.4 is 5.32 Å². The Morgan fingerprint density at radius 3 is 2.58 bits per heavy atom. The van der Waals surface area contributed by atoms with Gasteiger partial charge < -0.3 is 10.4 Å². The fraction of sp³-hybridized carbons (Fsp3) is 0.706. The lowest BCUT2D eigenvalue weighted by atomic mass is 9.94. The van der Waals surface area contributed by atoms with E-state index in [9.17, 15) is 14.7 Å². The molecule has 1 amide bonds. The van der Waals surface area contributed by atoms with E-state index in [1.807, 2.05) is 20.8 Å². The van der Waals surface area contributed by atoms with Crippen LogP contribution in [0.15, 0.2) is 5.38 Å². The maximum Gasteiger partial charge on any atom is 0.326 e. The van der Waals surface area contributed by atoms with Gasteiger partial charge >= 0.3 is 5.97 Å². The van der Waals surface area contributed by atoms with Gasteiger partial charge in [0.15, 0.2) is 0 Å². The SMILES string of the molecule is Cc1nc(CN2CCC(C(=O)N[C@@H](CC(C)C)C(=O)O)CC2)cs1. The molecule has 0 bridgehead atoms. The summed E-state index contributed by atoms with van der Waals surface area (Å²) in [5.41, 5.74) is 1.09. The minimum atomic E-state index is -0.951. The molecule has 1 aliphatic rings. The van der Waals surface area contributed by atoms with Gasteiger partial charge in [0.25, 0.3) is 0 Å². The highest BCUT2D eigenvalue weighted by atomic mass is 32.1. The predicted octanol–water partition coefficient (Wildman–Crippen LogP) is 2.28. The lowest BCUT2D eigenvalue weighted by Gasteiger charge is -2.31. The number of carboxylic acid groups (broad SMARTS) is 1. The van der Waals surface area contributed by atoms with Crippen molar-refractivity contribution in [2.24, 2.45) is 11.8 Å². The molecule has 0 unspecified atom stereocenters. The summed E-state index contributed by atoms with van der Waals surface area (Å²) in [5, 5.41) is 15.1. The Morgan fingerprint density at radius 1 is 1.42 bits per heavy atom. The first-order valence-corrected chi connectivity index (χ1v) is 9.39. The molecule has 24 heavy (non-hydrogen) atoms. The van der Waals surface area contributed by atoms with Crippen LogP contribution in [0.25, 0.3) is 0 Å². The molecule has 0 saturated carbocycles. The van der Waals surface area contributed by atoms with Crippen molar-refractivity contribution in [3.05, 3.63) is 16.1 Å². The number of carbonyl (C=O) groups is 2. The maximum atomic E-state index is 12.4. The third kappa shape index (κ3) is 5.56. The third-order valence-electron chi connectivity index (χ3n) is 4.33. The second kappa shape index (κ2) is 8.58. The summed E-state index contributed by atoms with van der Waals surface area (Å²) in [4.78, 5) is 30.4. The van der Waals surface area contributed by atoms with Gasteiger partial charge in [-0.2, -0.15) is 0 Å². The molecule has 1 aliphatic heterocycles.